The lowest BCUT2D eigenvalue weighted by Gasteiger charge is -2.40. The van der Waals surface area contributed by atoms with Crippen LogP contribution in [0.1, 0.15) is 78.5 Å². The molecule has 4 aliphatic rings. The van der Waals surface area contributed by atoms with Gasteiger partial charge in [-0.1, -0.05) is 73.5 Å². The second-order valence-electron chi connectivity index (χ2n) is 12.4. The Hall–Kier alpha value is -2.92. The summed E-state index contributed by atoms with van der Waals surface area (Å²) in [6.45, 7) is 5.66. The number of likely N-dealkylation sites (tertiary alicyclic amines) is 1. The summed E-state index contributed by atoms with van der Waals surface area (Å²) < 4.78 is 5.53. The van der Waals surface area contributed by atoms with Crippen LogP contribution in [0, 0.1) is 0 Å². The first-order chi connectivity index (χ1) is 21.5. The number of carbonyl (C=O) groups is 2. The molecule has 6 rings (SSSR count). The molecule has 3 fully saturated rings. The first-order valence-corrected chi connectivity index (χ1v) is 17.2. The van der Waals surface area contributed by atoms with Gasteiger partial charge in [-0.15, -0.1) is 0 Å². The largest absolute Gasteiger partial charge is 0.394 e. The van der Waals surface area contributed by atoms with Crippen molar-refractivity contribution in [1.29, 1.82) is 0 Å². The molecule has 0 radical (unpaired) electrons. The number of nitrogens with zero attached hydrogens (tertiary/aromatic N) is 3. The molecule has 44 heavy (non-hydrogen) atoms. The molecule has 236 valence electrons. The van der Waals surface area contributed by atoms with Crippen molar-refractivity contribution in [3.63, 3.8) is 0 Å². The first kappa shape index (κ1) is 31.1. The van der Waals surface area contributed by atoms with E-state index in [-0.39, 0.29) is 24.5 Å². The Bertz CT molecular complexity index is 1290. The highest BCUT2D eigenvalue weighted by Gasteiger charge is 2.42. The SMILES string of the molecule is O=C(NC1(C(=O)N[C@H](CO)c2ccccc2)CCCCC1)c1ccc(C2CSC(N3CCC(N4CCOCC4)CC3)=N2)cc1. The molecule has 3 aliphatic heterocycles. The molecule has 0 aromatic heterocycles. The number of rotatable bonds is 8. The minimum absolute atomic E-state index is 0.0768. The summed E-state index contributed by atoms with van der Waals surface area (Å²) in [5, 5.41) is 17.3. The second-order valence-corrected chi connectivity index (χ2v) is 13.4. The van der Waals surface area contributed by atoms with Crippen molar-refractivity contribution in [3.8, 4) is 0 Å². The maximum atomic E-state index is 13.7. The van der Waals surface area contributed by atoms with Crippen LogP contribution in [-0.2, 0) is 9.53 Å². The van der Waals surface area contributed by atoms with E-state index in [2.05, 4.69) is 20.4 Å². The third-order valence-corrected chi connectivity index (χ3v) is 10.8. The monoisotopic (exact) mass is 619 g/mol. The summed E-state index contributed by atoms with van der Waals surface area (Å²) in [5.41, 5.74) is 1.48. The summed E-state index contributed by atoms with van der Waals surface area (Å²) >= 11 is 1.83. The topological polar surface area (TPSA) is 106 Å². The Morgan fingerprint density at radius 3 is 2.36 bits per heavy atom. The van der Waals surface area contributed by atoms with Crippen molar-refractivity contribution >= 4 is 28.7 Å². The van der Waals surface area contributed by atoms with Crippen LogP contribution >= 0.6 is 11.8 Å². The molecule has 2 aromatic carbocycles. The van der Waals surface area contributed by atoms with Gasteiger partial charge in [-0.2, -0.15) is 0 Å². The number of hydrogen-bond donors (Lipinski definition) is 3. The van der Waals surface area contributed by atoms with Crippen molar-refractivity contribution < 1.29 is 19.4 Å². The molecule has 9 nitrogen and oxygen atoms in total. The Kier molecular flexibility index (Phi) is 10.2. The van der Waals surface area contributed by atoms with Gasteiger partial charge < -0.3 is 25.4 Å². The lowest BCUT2D eigenvalue weighted by Crippen LogP contribution is -2.60. The predicted molar refractivity (Wildman–Crippen MR) is 174 cm³/mol. The van der Waals surface area contributed by atoms with E-state index >= 15 is 0 Å². The fourth-order valence-electron chi connectivity index (χ4n) is 7.00. The molecule has 3 heterocycles. The molecular weight excluding hydrogens is 574 g/mol. The van der Waals surface area contributed by atoms with E-state index in [1.165, 1.54) is 12.8 Å². The summed E-state index contributed by atoms with van der Waals surface area (Å²) in [7, 11) is 0. The molecule has 1 unspecified atom stereocenters. The third kappa shape index (κ3) is 7.14. The van der Waals surface area contributed by atoms with Crippen LogP contribution in [-0.4, -0.2) is 95.2 Å². The zero-order valence-corrected chi connectivity index (χ0v) is 26.3. The minimum Gasteiger partial charge on any atom is -0.394 e. The van der Waals surface area contributed by atoms with Crippen molar-refractivity contribution in [2.75, 3.05) is 51.8 Å². The van der Waals surface area contributed by atoms with Crippen LogP contribution in [0.2, 0.25) is 0 Å². The number of thioether (sulfide) groups is 1. The molecule has 2 atom stereocenters. The predicted octanol–water partition coefficient (Wildman–Crippen LogP) is 3.91. The van der Waals surface area contributed by atoms with E-state index in [9.17, 15) is 14.7 Å². The number of amidine groups is 1. The quantitative estimate of drug-likeness (QED) is 0.412. The number of morpholine rings is 1. The summed E-state index contributed by atoms with van der Waals surface area (Å²) in [5.74, 6) is 0.423. The van der Waals surface area contributed by atoms with Gasteiger partial charge in [-0.3, -0.25) is 19.5 Å². The number of aliphatic hydroxyl groups excluding tert-OH is 1. The minimum atomic E-state index is -0.993. The molecular formula is C34H45N5O4S. The van der Waals surface area contributed by atoms with Gasteiger partial charge in [0.05, 0.1) is 31.9 Å². The van der Waals surface area contributed by atoms with Crippen LogP contribution in [0.25, 0.3) is 0 Å². The number of ether oxygens (including phenoxy) is 1. The maximum absolute atomic E-state index is 13.7. The highest BCUT2D eigenvalue weighted by atomic mass is 32.2. The Balaban J connectivity index is 1.06. The molecule has 0 spiro atoms. The smallest absolute Gasteiger partial charge is 0.252 e. The average Bonchev–Trinajstić information content (AvgIpc) is 3.59. The van der Waals surface area contributed by atoms with E-state index < -0.39 is 11.6 Å². The normalized spacial score (nSPS) is 23.5. The Labute approximate surface area is 264 Å². The average molecular weight is 620 g/mol. The Morgan fingerprint density at radius 1 is 0.977 bits per heavy atom. The van der Waals surface area contributed by atoms with Gasteiger partial charge in [-0.05, 0) is 48.9 Å². The van der Waals surface area contributed by atoms with E-state index in [1.54, 1.807) is 0 Å². The van der Waals surface area contributed by atoms with Crippen LogP contribution in [0.5, 0.6) is 0 Å². The first-order valence-electron chi connectivity index (χ1n) is 16.2. The van der Waals surface area contributed by atoms with Gasteiger partial charge in [0.15, 0.2) is 5.17 Å². The number of hydrogen-bond acceptors (Lipinski definition) is 8. The molecule has 0 bridgehead atoms. The molecule has 2 saturated heterocycles. The second kappa shape index (κ2) is 14.5. The lowest BCUT2D eigenvalue weighted by molar-refractivity contribution is -0.129. The van der Waals surface area contributed by atoms with Gasteiger partial charge in [-0.25, -0.2) is 0 Å². The molecule has 1 aliphatic carbocycles. The fraction of sp³-hybridized carbons (Fsp3) is 0.559. The number of benzene rings is 2. The Morgan fingerprint density at radius 2 is 1.68 bits per heavy atom. The summed E-state index contributed by atoms with van der Waals surface area (Å²) in [6, 6.07) is 17.4. The van der Waals surface area contributed by atoms with E-state index in [0.29, 0.717) is 24.4 Å². The van der Waals surface area contributed by atoms with Gasteiger partial charge >= 0.3 is 0 Å². The number of aliphatic hydroxyl groups is 1. The van der Waals surface area contributed by atoms with Gasteiger partial charge in [0, 0.05) is 43.5 Å². The number of piperidine rings is 1. The number of amides is 2. The van der Waals surface area contributed by atoms with E-state index in [1.807, 2.05) is 66.4 Å². The zero-order chi connectivity index (χ0) is 30.4. The molecule has 10 heteroatoms. The number of nitrogens with one attached hydrogen (secondary N) is 2. The highest BCUT2D eigenvalue weighted by molar-refractivity contribution is 8.14. The standard InChI is InChI=1S/C34H45N5O4S/c40-23-29(25-7-3-1-4-8-25)35-32(42)34(15-5-2-6-16-34)37-31(41)27-11-9-26(10-12-27)30-24-44-33(36-30)39-17-13-28(14-18-39)38-19-21-43-22-20-38/h1,3-4,7-12,28-30,40H,2,5-6,13-24H2,(H,35,42)(H,37,41)/t29-,30?/m1/s1. The van der Waals surface area contributed by atoms with Crippen LogP contribution in [0.15, 0.2) is 59.6 Å². The molecule has 3 N–H and O–H groups in total. The summed E-state index contributed by atoms with van der Waals surface area (Å²) in [6.07, 6.45) is 6.27. The maximum Gasteiger partial charge on any atom is 0.252 e. The number of aliphatic imine (C=N–C) groups is 1. The molecule has 2 amide bonds. The summed E-state index contributed by atoms with van der Waals surface area (Å²) in [4.78, 5) is 37.3. The van der Waals surface area contributed by atoms with Crippen molar-refractivity contribution in [2.45, 2.75) is 68.6 Å². The van der Waals surface area contributed by atoms with Gasteiger partial charge in [0.25, 0.3) is 5.91 Å². The third-order valence-electron chi connectivity index (χ3n) is 9.68. The highest BCUT2D eigenvalue weighted by Crippen LogP contribution is 2.34. The molecule has 2 aromatic rings. The van der Waals surface area contributed by atoms with E-state index in [4.69, 9.17) is 9.73 Å². The van der Waals surface area contributed by atoms with Gasteiger partial charge in [0.2, 0.25) is 5.91 Å². The van der Waals surface area contributed by atoms with E-state index in [0.717, 1.165) is 80.7 Å². The van der Waals surface area contributed by atoms with Crippen LogP contribution in [0.3, 0.4) is 0 Å². The van der Waals surface area contributed by atoms with Gasteiger partial charge in [0.1, 0.15) is 5.54 Å². The van der Waals surface area contributed by atoms with Crippen molar-refractivity contribution in [3.05, 3.63) is 71.3 Å². The van der Waals surface area contributed by atoms with Crippen LogP contribution < -0.4 is 10.6 Å². The fourth-order valence-corrected chi connectivity index (χ4v) is 8.14. The zero-order valence-electron chi connectivity index (χ0n) is 25.5. The van der Waals surface area contributed by atoms with Crippen LogP contribution in [0.4, 0.5) is 0 Å². The number of carbonyl (C=O) groups excluding carboxylic acids is 2. The lowest BCUT2D eigenvalue weighted by atomic mass is 9.80. The van der Waals surface area contributed by atoms with Crippen molar-refractivity contribution in [2.24, 2.45) is 4.99 Å². The van der Waals surface area contributed by atoms with Crippen molar-refractivity contribution in [1.82, 2.24) is 20.4 Å². The molecule has 1 saturated carbocycles.